The summed E-state index contributed by atoms with van der Waals surface area (Å²) in [6.07, 6.45) is 17.5. The summed E-state index contributed by atoms with van der Waals surface area (Å²) in [5.41, 5.74) is 0. The van der Waals surface area contributed by atoms with Gasteiger partial charge in [0.05, 0.1) is 0 Å². The van der Waals surface area contributed by atoms with E-state index in [9.17, 15) is 0 Å². The van der Waals surface area contributed by atoms with Crippen LogP contribution in [0.1, 0.15) is 111 Å². The van der Waals surface area contributed by atoms with Crippen molar-refractivity contribution < 1.29 is 9.47 Å². The summed E-state index contributed by atoms with van der Waals surface area (Å²) in [5.74, 6) is -0.568. The third-order valence-corrected chi connectivity index (χ3v) is 4.65. The second-order valence-electron chi connectivity index (χ2n) is 6.79. The van der Waals surface area contributed by atoms with Crippen LogP contribution in [-0.2, 0) is 9.47 Å². The lowest BCUT2D eigenvalue weighted by atomic mass is 10.1. The van der Waals surface area contributed by atoms with Crippen molar-refractivity contribution in [2.75, 3.05) is 19.8 Å². The van der Waals surface area contributed by atoms with E-state index in [0.717, 1.165) is 13.0 Å². The molecule has 0 aliphatic rings. The van der Waals surface area contributed by atoms with Crippen LogP contribution in [0.4, 0.5) is 0 Å². The van der Waals surface area contributed by atoms with Crippen LogP contribution in [0.3, 0.4) is 0 Å². The van der Waals surface area contributed by atoms with E-state index < -0.39 is 5.91 Å². The van der Waals surface area contributed by atoms with Gasteiger partial charge in [0.1, 0.15) is 0 Å². The maximum absolute atomic E-state index is 5.79. The molecule has 0 rings (SSSR count). The molecule has 0 aliphatic heterocycles. The first-order valence-corrected chi connectivity index (χ1v) is 10.8. The van der Waals surface area contributed by atoms with Crippen LogP contribution < -0.4 is 5.32 Å². The highest BCUT2D eigenvalue weighted by atomic mass is 16.7. The van der Waals surface area contributed by atoms with Crippen LogP contribution in [-0.4, -0.2) is 25.7 Å². The second-order valence-corrected chi connectivity index (χ2v) is 6.79. The molecule has 0 atom stereocenters. The van der Waals surface area contributed by atoms with E-state index in [-0.39, 0.29) is 0 Å². The van der Waals surface area contributed by atoms with E-state index in [4.69, 9.17) is 9.47 Å². The Labute approximate surface area is 152 Å². The quantitative estimate of drug-likeness (QED) is 0.217. The van der Waals surface area contributed by atoms with E-state index >= 15 is 0 Å². The van der Waals surface area contributed by atoms with Crippen molar-refractivity contribution in [3.05, 3.63) is 0 Å². The molecular weight excluding hydrogens is 298 g/mol. The summed E-state index contributed by atoms with van der Waals surface area (Å²) in [7, 11) is 0. The first-order chi connectivity index (χ1) is 11.7. The Bertz CT molecular complexity index is 240. The predicted molar refractivity (Wildman–Crippen MR) is 105 cm³/mol. The zero-order valence-corrected chi connectivity index (χ0v) is 17.1. The lowest BCUT2D eigenvalue weighted by Gasteiger charge is -2.33. The zero-order chi connectivity index (χ0) is 17.9. The maximum Gasteiger partial charge on any atom is 0.227 e. The Morgan fingerprint density at radius 2 is 1.00 bits per heavy atom. The van der Waals surface area contributed by atoms with Crippen molar-refractivity contribution in [2.24, 2.45) is 0 Å². The van der Waals surface area contributed by atoms with Gasteiger partial charge in [-0.05, 0) is 20.3 Å². The first kappa shape index (κ1) is 23.9. The van der Waals surface area contributed by atoms with Crippen LogP contribution in [0.25, 0.3) is 0 Å². The van der Waals surface area contributed by atoms with Crippen LogP contribution in [0.5, 0.6) is 0 Å². The van der Waals surface area contributed by atoms with Gasteiger partial charge in [0.2, 0.25) is 5.91 Å². The van der Waals surface area contributed by atoms with Gasteiger partial charge >= 0.3 is 0 Å². The summed E-state index contributed by atoms with van der Waals surface area (Å²) in [6, 6.07) is 0. The van der Waals surface area contributed by atoms with Gasteiger partial charge in [0, 0.05) is 26.2 Å². The molecule has 0 bridgehead atoms. The van der Waals surface area contributed by atoms with Crippen molar-refractivity contribution in [1.29, 1.82) is 0 Å². The molecule has 0 unspecified atom stereocenters. The van der Waals surface area contributed by atoms with Crippen molar-refractivity contribution in [1.82, 2.24) is 5.32 Å². The second kappa shape index (κ2) is 17.7. The molecule has 0 aromatic carbocycles. The van der Waals surface area contributed by atoms with Gasteiger partial charge in [-0.3, -0.25) is 5.32 Å². The standard InChI is InChI=1S/C21H45NO2/c1-5-9-10-11-12-13-14-15-16-17-18-19-20-22-21(6-2,23-7-3)24-8-4/h22H,5-20H2,1-4H3. The fraction of sp³-hybridized carbons (Fsp3) is 1.00. The molecule has 0 amide bonds. The average molecular weight is 344 g/mol. The summed E-state index contributed by atoms with van der Waals surface area (Å²) in [4.78, 5) is 0. The monoisotopic (exact) mass is 343 g/mol. The van der Waals surface area contributed by atoms with Crippen LogP contribution in [0, 0.1) is 0 Å². The third-order valence-electron chi connectivity index (χ3n) is 4.65. The number of ether oxygens (including phenoxy) is 2. The molecule has 24 heavy (non-hydrogen) atoms. The molecule has 0 aromatic rings. The molecule has 0 spiro atoms. The Hall–Kier alpha value is -0.120. The number of hydrogen-bond acceptors (Lipinski definition) is 3. The number of hydrogen-bond donors (Lipinski definition) is 1. The van der Waals surface area contributed by atoms with Crippen molar-refractivity contribution in [3.63, 3.8) is 0 Å². The van der Waals surface area contributed by atoms with E-state index in [2.05, 4.69) is 19.2 Å². The van der Waals surface area contributed by atoms with E-state index in [0.29, 0.717) is 13.2 Å². The van der Waals surface area contributed by atoms with Crippen LogP contribution in [0.2, 0.25) is 0 Å². The summed E-state index contributed by atoms with van der Waals surface area (Å²) >= 11 is 0. The minimum absolute atomic E-state index is 0.568. The van der Waals surface area contributed by atoms with Crippen LogP contribution >= 0.6 is 0 Å². The fourth-order valence-electron chi connectivity index (χ4n) is 3.18. The Morgan fingerprint density at radius 1 is 0.583 bits per heavy atom. The molecule has 0 saturated heterocycles. The molecule has 3 nitrogen and oxygen atoms in total. The smallest absolute Gasteiger partial charge is 0.227 e. The maximum atomic E-state index is 5.79. The minimum atomic E-state index is -0.568. The van der Waals surface area contributed by atoms with Crippen molar-refractivity contribution in [2.45, 2.75) is 117 Å². The lowest BCUT2D eigenvalue weighted by Crippen LogP contribution is -2.50. The molecule has 146 valence electrons. The highest BCUT2D eigenvalue weighted by Gasteiger charge is 2.27. The molecule has 0 heterocycles. The third kappa shape index (κ3) is 13.2. The molecular formula is C21H45NO2. The van der Waals surface area contributed by atoms with E-state index in [1.807, 2.05) is 13.8 Å². The average Bonchev–Trinajstić information content (AvgIpc) is 2.59. The van der Waals surface area contributed by atoms with Gasteiger partial charge in [-0.1, -0.05) is 84.5 Å². The fourth-order valence-corrected chi connectivity index (χ4v) is 3.18. The van der Waals surface area contributed by atoms with Gasteiger partial charge < -0.3 is 9.47 Å². The Morgan fingerprint density at radius 3 is 1.38 bits per heavy atom. The predicted octanol–water partition coefficient (Wildman–Crippen LogP) is 6.41. The highest BCUT2D eigenvalue weighted by Crippen LogP contribution is 2.15. The van der Waals surface area contributed by atoms with Gasteiger partial charge in [0.25, 0.3) is 0 Å². The Balaban J connectivity index is 3.45. The van der Waals surface area contributed by atoms with Gasteiger partial charge in [-0.25, -0.2) is 0 Å². The zero-order valence-electron chi connectivity index (χ0n) is 17.1. The van der Waals surface area contributed by atoms with E-state index in [1.165, 1.54) is 77.0 Å². The van der Waals surface area contributed by atoms with Gasteiger partial charge in [0.15, 0.2) is 0 Å². The summed E-state index contributed by atoms with van der Waals surface area (Å²) < 4.78 is 11.6. The molecule has 3 heteroatoms. The number of rotatable bonds is 19. The largest absolute Gasteiger partial charge is 0.338 e. The number of unbranched alkanes of at least 4 members (excludes halogenated alkanes) is 11. The topological polar surface area (TPSA) is 30.5 Å². The van der Waals surface area contributed by atoms with Crippen molar-refractivity contribution in [3.8, 4) is 0 Å². The molecule has 0 saturated carbocycles. The van der Waals surface area contributed by atoms with Crippen LogP contribution in [0.15, 0.2) is 0 Å². The SMILES string of the molecule is CCCCCCCCCCCCCCNC(CC)(OCC)OCC. The Kier molecular flexibility index (Phi) is 17.6. The number of nitrogens with one attached hydrogen (secondary N) is 1. The molecule has 0 aliphatic carbocycles. The minimum Gasteiger partial charge on any atom is -0.338 e. The van der Waals surface area contributed by atoms with Gasteiger partial charge in [-0.15, -0.1) is 0 Å². The highest BCUT2D eigenvalue weighted by molar-refractivity contribution is 4.65. The summed E-state index contributed by atoms with van der Waals surface area (Å²) in [5, 5.41) is 3.48. The molecule has 0 radical (unpaired) electrons. The normalized spacial score (nSPS) is 12.0. The van der Waals surface area contributed by atoms with Crippen molar-refractivity contribution >= 4 is 0 Å². The van der Waals surface area contributed by atoms with Gasteiger partial charge in [-0.2, -0.15) is 0 Å². The lowest BCUT2D eigenvalue weighted by molar-refractivity contribution is -0.254. The first-order valence-electron chi connectivity index (χ1n) is 10.8. The molecule has 0 fully saturated rings. The summed E-state index contributed by atoms with van der Waals surface area (Å²) in [6.45, 7) is 10.8. The molecule has 0 aromatic heterocycles. The molecule has 1 N–H and O–H groups in total. The van der Waals surface area contributed by atoms with E-state index in [1.54, 1.807) is 0 Å².